The van der Waals surface area contributed by atoms with E-state index in [9.17, 15) is 9.59 Å². The third kappa shape index (κ3) is 5.32. The Kier molecular flexibility index (Phi) is 6.31. The largest absolute Gasteiger partial charge is 0.327 e. The molecule has 0 aliphatic rings. The van der Waals surface area contributed by atoms with Gasteiger partial charge < -0.3 is 10.2 Å². The van der Waals surface area contributed by atoms with Gasteiger partial charge in [0, 0.05) is 35.2 Å². The van der Waals surface area contributed by atoms with Crippen LogP contribution in [-0.4, -0.2) is 39.1 Å². The van der Waals surface area contributed by atoms with E-state index in [4.69, 9.17) is 11.6 Å². The van der Waals surface area contributed by atoms with Crippen molar-refractivity contribution < 1.29 is 9.59 Å². The summed E-state index contributed by atoms with van der Waals surface area (Å²) in [5.74, 6) is 0.0920. The minimum absolute atomic E-state index is 0.0565. The highest BCUT2D eigenvalue weighted by Crippen LogP contribution is 2.23. The first kappa shape index (κ1) is 21.0. The van der Waals surface area contributed by atoms with E-state index < -0.39 is 0 Å². The van der Waals surface area contributed by atoms with E-state index in [1.807, 2.05) is 19.9 Å². The average Bonchev–Trinajstić information content (AvgIpc) is 2.93. The topological polar surface area (TPSA) is 67.2 Å². The second kappa shape index (κ2) is 8.13. The number of aryl methyl sites for hydroxylation is 1. The molecule has 0 aliphatic carbocycles. The standard InChI is InChI=1S/C20H27ClN4O2/c1-13(2)25(19(27)14-8-7-9-15(21)10-14)12-18(26)22-17-11-16(20(3,4)5)23-24(17)6/h7-11,13H,12H2,1-6H3,(H,22,26). The number of halogens is 1. The zero-order chi connectivity index (χ0) is 20.4. The van der Waals surface area contributed by atoms with Gasteiger partial charge in [-0.1, -0.05) is 38.4 Å². The lowest BCUT2D eigenvalue weighted by molar-refractivity contribution is -0.117. The van der Waals surface area contributed by atoms with Crippen LogP contribution in [0.25, 0.3) is 0 Å². The molecule has 0 fully saturated rings. The SMILES string of the molecule is CC(C)N(CC(=O)Nc1cc(C(C)(C)C)nn1C)C(=O)c1cccc(Cl)c1. The zero-order valence-corrected chi connectivity index (χ0v) is 17.5. The summed E-state index contributed by atoms with van der Waals surface area (Å²) >= 11 is 5.98. The number of carbonyl (C=O) groups excluding carboxylic acids is 2. The molecule has 2 amide bonds. The van der Waals surface area contributed by atoms with Crippen LogP contribution in [0.4, 0.5) is 5.82 Å². The Morgan fingerprint density at radius 1 is 1.26 bits per heavy atom. The van der Waals surface area contributed by atoms with Crippen molar-refractivity contribution in [1.29, 1.82) is 0 Å². The lowest BCUT2D eigenvalue weighted by Crippen LogP contribution is -2.42. The second-order valence-corrected chi connectivity index (χ2v) is 8.31. The summed E-state index contributed by atoms with van der Waals surface area (Å²) in [6.07, 6.45) is 0. The number of hydrogen-bond acceptors (Lipinski definition) is 3. The van der Waals surface area contributed by atoms with Crippen LogP contribution in [0.3, 0.4) is 0 Å². The molecule has 0 aliphatic heterocycles. The van der Waals surface area contributed by atoms with Gasteiger partial charge in [-0.05, 0) is 32.0 Å². The van der Waals surface area contributed by atoms with Crippen LogP contribution in [0.2, 0.25) is 5.02 Å². The lowest BCUT2D eigenvalue weighted by Gasteiger charge is -2.26. The summed E-state index contributed by atoms with van der Waals surface area (Å²) in [5.41, 5.74) is 1.23. The third-order valence-corrected chi connectivity index (χ3v) is 4.42. The predicted octanol–water partition coefficient (Wildman–Crippen LogP) is 3.86. The van der Waals surface area contributed by atoms with Crippen molar-refractivity contribution in [2.24, 2.45) is 7.05 Å². The van der Waals surface area contributed by atoms with E-state index >= 15 is 0 Å². The lowest BCUT2D eigenvalue weighted by atomic mass is 9.92. The number of hydrogen-bond donors (Lipinski definition) is 1. The minimum Gasteiger partial charge on any atom is -0.327 e. The number of benzene rings is 1. The highest BCUT2D eigenvalue weighted by Gasteiger charge is 2.23. The first-order chi connectivity index (χ1) is 12.5. The summed E-state index contributed by atoms with van der Waals surface area (Å²) in [4.78, 5) is 26.9. The van der Waals surface area contributed by atoms with Gasteiger partial charge in [0.05, 0.1) is 5.69 Å². The molecular formula is C20H27ClN4O2. The summed E-state index contributed by atoms with van der Waals surface area (Å²) in [7, 11) is 1.78. The summed E-state index contributed by atoms with van der Waals surface area (Å²) in [5, 5.41) is 7.78. The highest BCUT2D eigenvalue weighted by molar-refractivity contribution is 6.31. The fourth-order valence-corrected chi connectivity index (χ4v) is 2.75. The van der Waals surface area contributed by atoms with Gasteiger partial charge in [-0.15, -0.1) is 0 Å². The maximum Gasteiger partial charge on any atom is 0.254 e. The van der Waals surface area contributed by atoms with Gasteiger partial charge in [-0.25, -0.2) is 0 Å². The second-order valence-electron chi connectivity index (χ2n) is 7.87. The molecule has 2 rings (SSSR count). The smallest absolute Gasteiger partial charge is 0.254 e. The molecule has 6 nitrogen and oxygen atoms in total. The number of carbonyl (C=O) groups is 2. The van der Waals surface area contributed by atoms with Crippen LogP contribution in [0.15, 0.2) is 30.3 Å². The fraction of sp³-hybridized carbons (Fsp3) is 0.450. The Hall–Kier alpha value is -2.34. The van der Waals surface area contributed by atoms with Gasteiger partial charge in [0.15, 0.2) is 0 Å². The van der Waals surface area contributed by atoms with E-state index in [-0.39, 0.29) is 29.8 Å². The van der Waals surface area contributed by atoms with Gasteiger partial charge in [0.2, 0.25) is 5.91 Å². The maximum atomic E-state index is 12.8. The summed E-state index contributed by atoms with van der Waals surface area (Å²) in [6, 6.07) is 8.44. The first-order valence-electron chi connectivity index (χ1n) is 8.90. The van der Waals surface area contributed by atoms with E-state index in [0.717, 1.165) is 5.69 Å². The summed E-state index contributed by atoms with van der Waals surface area (Å²) < 4.78 is 1.64. The van der Waals surface area contributed by atoms with Crippen molar-refractivity contribution >= 4 is 29.2 Å². The Labute approximate surface area is 165 Å². The highest BCUT2D eigenvalue weighted by atomic mass is 35.5. The molecule has 146 valence electrons. The molecule has 0 spiro atoms. The Morgan fingerprint density at radius 3 is 2.44 bits per heavy atom. The van der Waals surface area contributed by atoms with Crippen LogP contribution in [0, 0.1) is 0 Å². The van der Waals surface area contributed by atoms with Crippen molar-refractivity contribution in [3.63, 3.8) is 0 Å². The molecule has 0 bridgehead atoms. The third-order valence-electron chi connectivity index (χ3n) is 4.19. The molecule has 1 N–H and O–H groups in total. The van der Waals surface area contributed by atoms with Crippen LogP contribution in [0.1, 0.15) is 50.7 Å². The van der Waals surface area contributed by atoms with Gasteiger partial charge >= 0.3 is 0 Å². The molecule has 0 saturated carbocycles. The number of rotatable bonds is 5. The number of aromatic nitrogens is 2. The molecule has 1 aromatic heterocycles. The molecule has 2 aromatic rings. The molecule has 1 aromatic carbocycles. The van der Waals surface area contributed by atoms with Crippen LogP contribution < -0.4 is 5.32 Å². The molecule has 0 atom stereocenters. The maximum absolute atomic E-state index is 12.8. The van der Waals surface area contributed by atoms with Gasteiger partial charge in [-0.2, -0.15) is 5.10 Å². The number of amides is 2. The number of nitrogens with one attached hydrogen (secondary N) is 1. The minimum atomic E-state index is -0.275. The van der Waals surface area contributed by atoms with Crippen molar-refractivity contribution in [2.75, 3.05) is 11.9 Å². The summed E-state index contributed by atoms with van der Waals surface area (Å²) in [6.45, 7) is 9.87. The molecule has 27 heavy (non-hydrogen) atoms. The molecule has 0 radical (unpaired) electrons. The average molecular weight is 391 g/mol. The van der Waals surface area contributed by atoms with Crippen LogP contribution in [-0.2, 0) is 17.3 Å². The number of anilines is 1. The predicted molar refractivity (Wildman–Crippen MR) is 108 cm³/mol. The number of nitrogens with zero attached hydrogens (tertiary/aromatic N) is 3. The van der Waals surface area contributed by atoms with Gasteiger partial charge in [0.1, 0.15) is 12.4 Å². The van der Waals surface area contributed by atoms with Gasteiger partial charge in [-0.3, -0.25) is 14.3 Å². The monoisotopic (exact) mass is 390 g/mol. The molecule has 7 heteroatoms. The van der Waals surface area contributed by atoms with Crippen molar-refractivity contribution in [2.45, 2.75) is 46.1 Å². The van der Waals surface area contributed by atoms with Crippen LogP contribution >= 0.6 is 11.6 Å². The van der Waals surface area contributed by atoms with Crippen molar-refractivity contribution in [1.82, 2.24) is 14.7 Å². The fourth-order valence-electron chi connectivity index (χ4n) is 2.56. The van der Waals surface area contributed by atoms with Crippen LogP contribution in [0.5, 0.6) is 0 Å². The Balaban J connectivity index is 2.14. The van der Waals surface area contributed by atoms with E-state index in [1.165, 1.54) is 4.90 Å². The normalized spacial score (nSPS) is 11.6. The quantitative estimate of drug-likeness (QED) is 0.842. The van der Waals surface area contributed by atoms with E-state index in [0.29, 0.717) is 16.4 Å². The molecular weight excluding hydrogens is 364 g/mol. The van der Waals surface area contributed by atoms with Crippen molar-refractivity contribution in [3.05, 3.63) is 46.6 Å². The Bertz CT molecular complexity index is 837. The first-order valence-corrected chi connectivity index (χ1v) is 9.27. The Morgan fingerprint density at radius 2 is 1.93 bits per heavy atom. The van der Waals surface area contributed by atoms with E-state index in [1.54, 1.807) is 36.0 Å². The molecule has 1 heterocycles. The molecule has 0 saturated heterocycles. The molecule has 0 unspecified atom stereocenters. The van der Waals surface area contributed by atoms with Gasteiger partial charge in [0.25, 0.3) is 5.91 Å². The van der Waals surface area contributed by atoms with E-state index in [2.05, 4.69) is 31.2 Å². The zero-order valence-electron chi connectivity index (χ0n) is 16.7. The van der Waals surface area contributed by atoms with Crippen molar-refractivity contribution in [3.8, 4) is 0 Å².